The summed E-state index contributed by atoms with van der Waals surface area (Å²) in [6, 6.07) is 3.34. The van der Waals surface area contributed by atoms with Crippen LogP contribution in [0.25, 0.3) is 0 Å². The second kappa shape index (κ2) is 6.28. The van der Waals surface area contributed by atoms with Gasteiger partial charge in [-0.2, -0.15) is 0 Å². The number of aromatic hydroxyl groups is 1. The SMILES string of the molecule is Cl.N[C@H](c1cc(Cl)cc(Br)c1O)C1CCCC1. The number of rotatable bonds is 2. The summed E-state index contributed by atoms with van der Waals surface area (Å²) in [6.45, 7) is 0. The minimum Gasteiger partial charge on any atom is -0.506 e. The third-order valence-electron chi connectivity index (χ3n) is 3.32. The second-order valence-electron chi connectivity index (χ2n) is 4.40. The Morgan fingerprint density at radius 2 is 1.94 bits per heavy atom. The molecule has 5 heteroatoms. The van der Waals surface area contributed by atoms with Gasteiger partial charge in [0.1, 0.15) is 5.75 Å². The smallest absolute Gasteiger partial charge is 0.134 e. The highest BCUT2D eigenvalue weighted by Crippen LogP contribution is 2.41. The molecule has 0 aromatic heterocycles. The van der Waals surface area contributed by atoms with E-state index < -0.39 is 0 Å². The molecule has 1 aliphatic carbocycles. The molecule has 0 radical (unpaired) electrons. The van der Waals surface area contributed by atoms with E-state index in [-0.39, 0.29) is 24.2 Å². The molecule has 1 aromatic carbocycles. The summed E-state index contributed by atoms with van der Waals surface area (Å²) in [5.41, 5.74) is 6.96. The van der Waals surface area contributed by atoms with Gasteiger partial charge in [-0.3, -0.25) is 0 Å². The zero-order valence-corrected chi connectivity index (χ0v) is 12.5. The Hall–Kier alpha value is 0.0400. The van der Waals surface area contributed by atoms with Gasteiger partial charge in [0.25, 0.3) is 0 Å². The summed E-state index contributed by atoms with van der Waals surface area (Å²) >= 11 is 9.26. The molecular formula is C12H16BrCl2NO. The lowest BCUT2D eigenvalue weighted by molar-refractivity contribution is 0.411. The summed E-state index contributed by atoms with van der Waals surface area (Å²) in [4.78, 5) is 0. The molecular weight excluding hydrogens is 325 g/mol. The van der Waals surface area contributed by atoms with Crippen molar-refractivity contribution in [2.24, 2.45) is 11.7 Å². The minimum atomic E-state index is -0.113. The van der Waals surface area contributed by atoms with Crippen molar-refractivity contribution >= 4 is 39.9 Å². The number of phenolic OH excluding ortho intramolecular Hbond substituents is 1. The lowest BCUT2D eigenvalue weighted by Gasteiger charge is -2.21. The zero-order valence-electron chi connectivity index (χ0n) is 9.33. The summed E-state index contributed by atoms with van der Waals surface area (Å²) < 4.78 is 0.614. The van der Waals surface area contributed by atoms with E-state index in [9.17, 15) is 5.11 Å². The fourth-order valence-corrected chi connectivity index (χ4v) is 3.24. The van der Waals surface area contributed by atoms with E-state index in [1.54, 1.807) is 12.1 Å². The molecule has 0 unspecified atom stereocenters. The van der Waals surface area contributed by atoms with Gasteiger partial charge in [-0.05, 0) is 46.8 Å². The van der Waals surface area contributed by atoms with Gasteiger partial charge in [-0.25, -0.2) is 0 Å². The van der Waals surface area contributed by atoms with E-state index in [2.05, 4.69) is 15.9 Å². The Bertz CT molecular complexity index is 394. The summed E-state index contributed by atoms with van der Waals surface area (Å²) in [5.74, 6) is 0.695. The first-order valence-electron chi connectivity index (χ1n) is 5.53. The molecule has 0 spiro atoms. The van der Waals surface area contributed by atoms with Crippen LogP contribution in [0.5, 0.6) is 5.75 Å². The molecule has 1 fully saturated rings. The van der Waals surface area contributed by atoms with Gasteiger partial charge in [0, 0.05) is 16.6 Å². The predicted octanol–water partition coefficient (Wildman–Crippen LogP) is 4.42. The Balaban J connectivity index is 0.00000144. The van der Waals surface area contributed by atoms with Crippen molar-refractivity contribution in [3.8, 4) is 5.75 Å². The maximum Gasteiger partial charge on any atom is 0.134 e. The molecule has 0 heterocycles. The van der Waals surface area contributed by atoms with Crippen molar-refractivity contribution in [1.29, 1.82) is 0 Å². The number of hydrogen-bond donors (Lipinski definition) is 2. The number of hydrogen-bond acceptors (Lipinski definition) is 2. The molecule has 1 aliphatic rings. The van der Waals surface area contributed by atoms with E-state index in [0.29, 0.717) is 15.4 Å². The van der Waals surface area contributed by atoms with Crippen LogP contribution in [0, 0.1) is 5.92 Å². The van der Waals surface area contributed by atoms with E-state index in [1.165, 1.54) is 12.8 Å². The number of phenols is 1. The van der Waals surface area contributed by atoms with Gasteiger partial charge in [0.2, 0.25) is 0 Å². The zero-order chi connectivity index (χ0) is 11.7. The fraction of sp³-hybridized carbons (Fsp3) is 0.500. The van der Waals surface area contributed by atoms with Crippen LogP contribution < -0.4 is 5.73 Å². The van der Waals surface area contributed by atoms with Gasteiger partial charge in [0.15, 0.2) is 0 Å². The Morgan fingerprint density at radius 3 is 2.53 bits per heavy atom. The highest BCUT2D eigenvalue weighted by atomic mass is 79.9. The van der Waals surface area contributed by atoms with Gasteiger partial charge in [-0.1, -0.05) is 24.4 Å². The average Bonchev–Trinajstić information content (AvgIpc) is 2.75. The summed E-state index contributed by atoms with van der Waals surface area (Å²) in [7, 11) is 0. The number of nitrogens with two attached hydrogens (primary N) is 1. The van der Waals surface area contributed by atoms with Crippen LogP contribution in [-0.4, -0.2) is 5.11 Å². The number of halogens is 3. The topological polar surface area (TPSA) is 46.2 Å². The van der Waals surface area contributed by atoms with Crippen molar-refractivity contribution in [2.45, 2.75) is 31.7 Å². The van der Waals surface area contributed by atoms with Crippen molar-refractivity contribution in [2.75, 3.05) is 0 Å². The minimum absolute atomic E-state index is 0. The molecule has 1 atom stereocenters. The maximum atomic E-state index is 9.97. The van der Waals surface area contributed by atoms with E-state index in [0.717, 1.165) is 18.4 Å². The number of benzene rings is 1. The first kappa shape index (κ1) is 15.1. The highest BCUT2D eigenvalue weighted by molar-refractivity contribution is 9.10. The first-order chi connectivity index (χ1) is 7.59. The van der Waals surface area contributed by atoms with Crippen molar-refractivity contribution in [1.82, 2.24) is 0 Å². The first-order valence-corrected chi connectivity index (χ1v) is 6.70. The standard InChI is InChI=1S/C12H15BrClNO.ClH/c13-10-6-8(14)5-9(12(10)16)11(15)7-3-1-2-4-7;/h5-7,11,16H,1-4,15H2;1H/t11-;/m0./s1. The molecule has 2 nitrogen and oxygen atoms in total. The predicted molar refractivity (Wildman–Crippen MR) is 77.0 cm³/mol. The largest absolute Gasteiger partial charge is 0.506 e. The van der Waals surface area contributed by atoms with E-state index in [4.69, 9.17) is 17.3 Å². The lowest BCUT2D eigenvalue weighted by Crippen LogP contribution is -2.19. The van der Waals surface area contributed by atoms with Crippen LogP contribution in [0.2, 0.25) is 5.02 Å². The van der Waals surface area contributed by atoms with Gasteiger partial charge in [-0.15, -0.1) is 12.4 Å². The van der Waals surface area contributed by atoms with Crippen LogP contribution in [0.15, 0.2) is 16.6 Å². The van der Waals surface area contributed by atoms with Gasteiger partial charge < -0.3 is 10.8 Å². The van der Waals surface area contributed by atoms with E-state index in [1.807, 2.05) is 0 Å². The fourth-order valence-electron chi connectivity index (χ4n) is 2.41. The van der Waals surface area contributed by atoms with Gasteiger partial charge >= 0.3 is 0 Å². The summed E-state index contributed by atoms with van der Waals surface area (Å²) in [6.07, 6.45) is 4.76. The monoisotopic (exact) mass is 339 g/mol. The third-order valence-corrected chi connectivity index (χ3v) is 4.15. The molecule has 0 aliphatic heterocycles. The molecule has 17 heavy (non-hydrogen) atoms. The van der Waals surface area contributed by atoms with Crippen LogP contribution in [-0.2, 0) is 0 Å². The van der Waals surface area contributed by atoms with E-state index >= 15 is 0 Å². The van der Waals surface area contributed by atoms with Crippen LogP contribution >= 0.6 is 39.9 Å². The normalized spacial score (nSPS) is 17.8. The molecule has 0 bridgehead atoms. The molecule has 0 amide bonds. The lowest BCUT2D eigenvalue weighted by atomic mass is 9.92. The van der Waals surface area contributed by atoms with Crippen LogP contribution in [0.1, 0.15) is 37.3 Å². The molecule has 0 saturated heterocycles. The molecule has 1 aromatic rings. The van der Waals surface area contributed by atoms with Crippen molar-refractivity contribution < 1.29 is 5.11 Å². The Kier molecular flexibility index (Phi) is 5.58. The summed E-state index contributed by atoms with van der Waals surface area (Å²) in [5, 5.41) is 10.6. The Morgan fingerprint density at radius 1 is 1.35 bits per heavy atom. The Labute approximate surface area is 121 Å². The molecule has 96 valence electrons. The van der Waals surface area contributed by atoms with Crippen molar-refractivity contribution in [3.05, 3.63) is 27.2 Å². The maximum absolute atomic E-state index is 9.97. The van der Waals surface area contributed by atoms with Crippen LogP contribution in [0.4, 0.5) is 0 Å². The van der Waals surface area contributed by atoms with Gasteiger partial charge in [0.05, 0.1) is 4.47 Å². The average molecular weight is 341 g/mol. The molecule has 3 N–H and O–H groups in total. The highest BCUT2D eigenvalue weighted by Gasteiger charge is 2.26. The third kappa shape index (κ3) is 3.28. The van der Waals surface area contributed by atoms with Crippen molar-refractivity contribution in [3.63, 3.8) is 0 Å². The quantitative estimate of drug-likeness (QED) is 0.837. The molecule has 2 rings (SSSR count). The second-order valence-corrected chi connectivity index (χ2v) is 5.69. The molecule has 1 saturated carbocycles. The van der Waals surface area contributed by atoms with Crippen LogP contribution in [0.3, 0.4) is 0 Å².